The minimum absolute atomic E-state index is 0.0264. The molecule has 132 valence electrons. The molecular formula is C17H19N3O4S. The number of hydrogen-bond acceptors (Lipinski definition) is 6. The fourth-order valence-electron chi connectivity index (χ4n) is 1.99. The molecule has 0 bridgehead atoms. The number of unbranched alkanes of at least 4 members (excludes halogenated alkanes) is 1. The van der Waals surface area contributed by atoms with Crippen molar-refractivity contribution in [3.05, 3.63) is 57.0 Å². The molecule has 0 aliphatic heterocycles. The number of hydrogen-bond donors (Lipinski definition) is 1. The molecule has 0 saturated heterocycles. The predicted molar refractivity (Wildman–Crippen MR) is 97.3 cm³/mol. The van der Waals surface area contributed by atoms with Gasteiger partial charge in [-0.15, -0.1) is 0 Å². The van der Waals surface area contributed by atoms with Crippen molar-refractivity contribution in [2.45, 2.75) is 26.2 Å². The molecule has 7 nitrogen and oxygen atoms in total. The van der Waals surface area contributed by atoms with Gasteiger partial charge in [-0.2, -0.15) is 5.10 Å². The number of nitro groups is 1. The molecule has 1 aromatic heterocycles. The van der Waals surface area contributed by atoms with Crippen LogP contribution in [-0.4, -0.2) is 23.7 Å². The summed E-state index contributed by atoms with van der Waals surface area (Å²) in [5, 5.41) is 14.4. The van der Waals surface area contributed by atoms with Gasteiger partial charge >= 0.3 is 5.00 Å². The van der Waals surface area contributed by atoms with Gasteiger partial charge in [0.2, 0.25) is 0 Å². The first-order chi connectivity index (χ1) is 12.1. The largest absolute Gasteiger partial charge is 0.484 e. The van der Waals surface area contributed by atoms with Crippen LogP contribution in [0.1, 0.15) is 30.2 Å². The molecule has 0 aliphatic rings. The van der Waals surface area contributed by atoms with Crippen LogP contribution in [0.2, 0.25) is 0 Å². The second-order valence-corrected chi connectivity index (χ2v) is 6.36. The Labute approximate surface area is 149 Å². The van der Waals surface area contributed by atoms with Crippen LogP contribution < -0.4 is 10.2 Å². The van der Waals surface area contributed by atoms with E-state index in [4.69, 9.17) is 4.74 Å². The molecule has 0 unspecified atom stereocenters. The lowest BCUT2D eigenvalue weighted by Gasteiger charge is -2.06. The van der Waals surface area contributed by atoms with E-state index >= 15 is 0 Å². The Morgan fingerprint density at radius 1 is 1.32 bits per heavy atom. The number of amides is 1. The smallest absolute Gasteiger partial charge is 0.324 e. The maximum Gasteiger partial charge on any atom is 0.324 e. The molecule has 1 N–H and O–H groups in total. The molecule has 25 heavy (non-hydrogen) atoms. The van der Waals surface area contributed by atoms with Crippen molar-refractivity contribution in [2.75, 3.05) is 6.61 Å². The van der Waals surface area contributed by atoms with Gasteiger partial charge in [0.15, 0.2) is 6.61 Å². The standard InChI is InChI=1S/C17H19N3O4S/c1-2-3-4-13-5-7-14(8-6-13)24-12-16(21)19-18-11-15-9-10-17(25-15)20(22)23/h5-11H,2-4,12H2,1H3,(H,19,21)/b18-11-. The fraction of sp³-hybridized carbons (Fsp3) is 0.294. The van der Waals surface area contributed by atoms with E-state index in [1.807, 2.05) is 24.3 Å². The Balaban J connectivity index is 1.74. The molecule has 0 fully saturated rings. The molecule has 0 radical (unpaired) electrons. The number of nitrogens with one attached hydrogen (secondary N) is 1. The summed E-state index contributed by atoms with van der Waals surface area (Å²) in [6, 6.07) is 10.6. The van der Waals surface area contributed by atoms with Crippen molar-refractivity contribution in [3.8, 4) is 5.75 Å². The molecule has 1 heterocycles. The van der Waals surface area contributed by atoms with E-state index < -0.39 is 10.8 Å². The number of benzene rings is 1. The van der Waals surface area contributed by atoms with E-state index in [-0.39, 0.29) is 11.6 Å². The highest BCUT2D eigenvalue weighted by Crippen LogP contribution is 2.22. The fourth-order valence-corrected chi connectivity index (χ4v) is 2.69. The number of carbonyl (C=O) groups is 1. The summed E-state index contributed by atoms with van der Waals surface area (Å²) < 4.78 is 5.39. The Bertz CT molecular complexity index is 741. The maximum absolute atomic E-state index is 11.7. The number of rotatable bonds is 9. The van der Waals surface area contributed by atoms with Gasteiger partial charge in [0, 0.05) is 6.07 Å². The molecule has 0 atom stereocenters. The van der Waals surface area contributed by atoms with Crippen LogP contribution >= 0.6 is 11.3 Å². The molecule has 0 saturated carbocycles. The van der Waals surface area contributed by atoms with Crippen LogP contribution in [-0.2, 0) is 11.2 Å². The Morgan fingerprint density at radius 3 is 2.72 bits per heavy atom. The number of aryl methyl sites for hydroxylation is 1. The third-order valence-corrected chi connectivity index (χ3v) is 4.26. The van der Waals surface area contributed by atoms with E-state index in [0.29, 0.717) is 10.6 Å². The summed E-state index contributed by atoms with van der Waals surface area (Å²) in [5.74, 6) is 0.214. The van der Waals surface area contributed by atoms with Crippen molar-refractivity contribution in [1.29, 1.82) is 0 Å². The zero-order valence-corrected chi connectivity index (χ0v) is 14.6. The van der Waals surface area contributed by atoms with Gasteiger partial charge in [-0.1, -0.05) is 36.8 Å². The molecular weight excluding hydrogens is 342 g/mol. The van der Waals surface area contributed by atoms with Gasteiger partial charge < -0.3 is 4.74 Å². The van der Waals surface area contributed by atoms with Gasteiger partial charge in [0.05, 0.1) is 16.0 Å². The van der Waals surface area contributed by atoms with Gasteiger partial charge in [-0.05, 0) is 36.6 Å². The third-order valence-electron chi connectivity index (χ3n) is 3.29. The third kappa shape index (κ3) is 6.34. The number of nitrogens with zero attached hydrogens (tertiary/aromatic N) is 2. The Kier molecular flexibility index (Phi) is 7.09. The summed E-state index contributed by atoms with van der Waals surface area (Å²) in [5.41, 5.74) is 3.57. The number of thiophene rings is 1. The summed E-state index contributed by atoms with van der Waals surface area (Å²) in [4.78, 5) is 22.4. The first-order valence-corrected chi connectivity index (χ1v) is 8.68. The average Bonchev–Trinajstić information content (AvgIpc) is 3.08. The van der Waals surface area contributed by atoms with Gasteiger partial charge in [-0.25, -0.2) is 5.43 Å². The molecule has 2 rings (SSSR count). The lowest BCUT2D eigenvalue weighted by atomic mass is 10.1. The first-order valence-electron chi connectivity index (χ1n) is 7.86. The van der Waals surface area contributed by atoms with E-state index in [1.165, 1.54) is 17.8 Å². The van der Waals surface area contributed by atoms with Crippen molar-refractivity contribution >= 4 is 28.5 Å². The topological polar surface area (TPSA) is 93.8 Å². The summed E-state index contributed by atoms with van der Waals surface area (Å²) in [7, 11) is 0. The van der Waals surface area contributed by atoms with Crippen LogP contribution in [0.4, 0.5) is 5.00 Å². The SMILES string of the molecule is CCCCc1ccc(OCC(=O)N/N=C\c2ccc([N+](=O)[O-])s2)cc1. The van der Waals surface area contributed by atoms with E-state index in [0.717, 1.165) is 30.6 Å². The van der Waals surface area contributed by atoms with E-state index in [2.05, 4.69) is 17.5 Å². The minimum atomic E-state index is -0.470. The Hall–Kier alpha value is -2.74. The van der Waals surface area contributed by atoms with Crippen molar-refractivity contribution in [3.63, 3.8) is 0 Å². The number of ether oxygens (including phenoxy) is 1. The minimum Gasteiger partial charge on any atom is -0.484 e. The highest BCUT2D eigenvalue weighted by Gasteiger charge is 2.08. The molecule has 1 aromatic carbocycles. The van der Waals surface area contributed by atoms with Gasteiger partial charge in [-0.3, -0.25) is 14.9 Å². The monoisotopic (exact) mass is 361 g/mol. The van der Waals surface area contributed by atoms with E-state index in [1.54, 1.807) is 6.07 Å². The van der Waals surface area contributed by atoms with Gasteiger partial charge in [0.25, 0.3) is 5.91 Å². The van der Waals surface area contributed by atoms with Crippen LogP contribution in [0.25, 0.3) is 0 Å². The molecule has 2 aromatic rings. The average molecular weight is 361 g/mol. The van der Waals surface area contributed by atoms with Crippen LogP contribution in [0.5, 0.6) is 5.75 Å². The highest BCUT2D eigenvalue weighted by molar-refractivity contribution is 7.16. The highest BCUT2D eigenvalue weighted by atomic mass is 32.1. The van der Waals surface area contributed by atoms with Crippen molar-refractivity contribution in [1.82, 2.24) is 5.43 Å². The summed E-state index contributed by atoms with van der Waals surface area (Å²) in [6.45, 7) is 1.99. The number of carbonyl (C=O) groups excluding carboxylic acids is 1. The zero-order valence-electron chi connectivity index (χ0n) is 13.8. The number of hydrazone groups is 1. The lowest BCUT2D eigenvalue weighted by molar-refractivity contribution is -0.380. The predicted octanol–water partition coefficient (Wildman–Crippen LogP) is 3.53. The first kappa shape index (κ1) is 18.6. The van der Waals surface area contributed by atoms with E-state index in [9.17, 15) is 14.9 Å². The molecule has 1 amide bonds. The molecule has 0 aliphatic carbocycles. The van der Waals surface area contributed by atoms with Crippen molar-refractivity contribution in [2.24, 2.45) is 5.10 Å². The quantitative estimate of drug-likeness (QED) is 0.420. The molecule has 8 heteroatoms. The van der Waals surface area contributed by atoms with Crippen LogP contribution in [0.3, 0.4) is 0 Å². The molecule has 0 spiro atoms. The maximum atomic E-state index is 11.7. The van der Waals surface area contributed by atoms with Gasteiger partial charge in [0.1, 0.15) is 5.75 Å². The van der Waals surface area contributed by atoms with Crippen molar-refractivity contribution < 1.29 is 14.5 Å². The summed E-state index contributed by atoms with van der Waals surface area (Å²) in [6.07, 6.45) is 4.69. The van der Waals surface area contributed by atoms with Crippen LogP contribution in [0, 0.1) is 10.1 Å². The second-order valence-electron chi connectivity index (χ2n) is 5.26. The zero-order chi connectivity index (χ0) is 18.1. The van der Waals surface area contributed by atoms with Crippen LogP contribution in [0.15, 0.2) is 41.5 Å². The Morgan fingerprint density at radius 2 is 2.08 bits per heavy atom. The summed E-state index contributed by atoms with van der Waals surface area (Å²) >= 11 is 0.979. The lowest BCUT2D eigenvalue weighted by Crippen LogP contribution is -2.24. The second kappa shape index (κ2) is 9.53. The normalized spacial score (nSPS) is 10.8.